The first-order valence-corrected chi connectivity index (χ1v) is 11.6. The average molecular weight is 467 g/mol. The summed E-state index contributed by atoms with van der Waals surface area (Å²) < 4.78 is 54.9. The van der Waals surface area contributed by atoms with E-state index in [4.69, 9.17) is 9.47 Å². The van der Waals surface area contributed by atoms with E-state index in [1.165, 1.54) is 6.07 Å². The Morgan fingerprint density at radius 1 is 0.912 bits per heavy atom. The van der Waals surface area contributed by atoms with Crippen molar-refractivity contribution in [3.63, 3.8) is 0 Å². The molecular formula is C29H29F3O2. The van der Waals surface area contributed by atoms with Crippen molar-refractivity contribution in [1.29, 1.82) is 0 Å². The van der Waals surface area contributed by atoms with Gasteiger partial charge in [-0.05, 0) is 61.8 Å². The number of hydrogen-bond donors (Lipinski definition) is 0. The molecule has 1 saturated carbocycles. The van der Waals surface area contributed by atoms with Gasteiger partial charge in [-0.25, -0.2) is 13.2 Å². The van der Waals surface area contributed by atoms with Gasteiger partial charge in [0.25, 0.3) is 0 Å². The van der Waals surface area contributed by atoms with Crippen molar-refractivity contribution in [2.24, 2.45) is 0 Å². The van der Waals surface area contributed by atoms with Crippen molar-refractivity contribution in [1.82, 2.24) is 0 Å². The first-order chi connectivity index (χ1) is 16.5. The first-order valence-electron chi connectivity index (χ1n) is 11.6. The maximum Gasteiger partial charge on any atom is 0.167 e. The smallest absolute Gasteiger partial charge is 0.167 e. The van der Waals surface area contributed by atoms with E-state index in [1.807, 2.05) is 25.1 Å². The van der Waals surface area contributed by atoms with Gasteiger partial charge in [0.1, 0.15) is 6.61 Å². The molecule has 1 aliphatic rings. The van der Waals surface area contributed by atoms with Gasteiger partial charge in [0, 0.05) is 11.1 Å². The topological polar surface area (TPSA) is 18.5 Å². The van der Waals surface area contributed by atoms with Crippen LogP contribution in [0.25, 0.3) is 11.1 Å². The van der Waals surface area contributed by atoms with E-state index < -0.39 is 11.6 Å². The fourth-order valence-electron chi connectivity index (χ4n) is 4.46. The highest BCUT2D eigenvalue weighted by molar-refractivity contribution is 5.65. The van der Waals surface area contributed by atoms with E-state index in [9.17, 15) is 13.2 Å². The second kappa shape index (κ2) is 10.9. The van der Waals surface area contributed by atoms with Gasteiger partial charge in [0.05, 0.1) is 12.7 Å². The molecule has 0 amide bonds. The van der Waals surface area contributed by atoms with E-state index in [2.05, 4.69) is 6.58 Å². The largest absolute Gasteiger partial charge is 0.486 e. The summed E-state index contributed by atoms with van der Waals surface area (Å²) in [7, 11) is 0. The number of hydrogen-bond acceptors (Lipinski definition) is 2. The van der Waals surface area contributed by atoms with Gasteiger partial charge >= 0.3 is 0 Å². The lowest BCUT2D eigenvalue weighted by Crippen LogP contribution is -2.21. The highest BCUT2D eigenvalue weighted by Crippen LogP contribution is 2.36. The van der Waals surface area contributed by atoms with Crippen LogP contribution in [-0.2, 0) is 11.3 Å². The highest BCUT2D eigenvalue weighted by Gasteiger charge is 2.24. The van der Waals surface area contributed by atoms with Crippen molar-refractivity contribution in [3.05, 3.63) is 101 Å². The minimum Gasteiger partial charge on any atom is -0.486 e. The van der Waals surface area contributed by atoms with Crippen molar-refractivity contribution in [2.45, 2.75) is 51.2 Å². The Kier molecular flexibility index (Phi) is 7.73. The van der Waals surface area contributed by atoms with Crippen LogP contribution in [0.5, 0.6) is 5.75 Å². The van der Waals surface area contributed by atoms with Crippen LogP contribution >= 0.6 is 0 Å². The Bertz CT molecular complexity index is 1130. The number of rotatable bonds is 8. The zero-order valence-corrected chi connectivity index (χ0v) is 19.3. The second-order valence-electron chi connectivity index (χ2n) is 8.84. The molecule has 0 saturated heterocycles. The van der Waals surface area contributed by atoms with Crippen LogP contribution in [0, 0.1) is 24.4 Å². The summed E-state index contributed by atoms with van der Waals surface area (Å²) in [6.07, 6.45) is 4.81. The summed E-state index contributed by atoms with van der Waals surface area (Å²) in [5.74, 6) is -1.62. The van der Waals surface area contributed by atoms with Crippen molar-refractivity contribution >= 4 is 0 Å². The van der Waals surface area contributed by atoms with Gasteiger partial charge in [-0.3, -0.25) is 0 Å². The third-order valence-corrected chi connectivity index (χ3v) is 6.46. The summed E-state index contributed by atoms with van der Waals surface area (Å²) >= 11 is 0. The Morgan fingerprint density at radius 2 is 1.65 bits per heavy atom. The molecule has 0 radical (unpaired) electrons. The van der Waals surface area contributed by atoms with Crippen LogP contribution in [0.15, 0.2) is 67.3 Å². The lowest BCUT2D eigenvalue weighted by Gasteiger charge is -2.29. The standard InChI is InChI=1S/C29H29F3O2/c1-3-16-33-27-15-11-22(17-26(27)30)20-8-12-24(13-9-20)34-18-23-10-14-25(29(32)28(23)31)21-6-4-19(2)5-7-21/h3-7,10-11,14-15,17,20,24H,1,8-9,12-13,16,18H2,2H3. The van der Waals surface area contributed by atoms with Crippen LogP contribution in [0.1, 0.15) is 48.3 Å². The van der Waals surface area contributed by atoms with Gasteiger partial charge in [0.2, 0.25) is 0 Å². The number of halogens is 3. The SMILES string of the molecule is C=CCOc1ccc(C2CCC(OCc3ccc(-c4ccc(C)cc4)c(F)c3F)CC2)cc1F. The van der Waals surface area contributed by atoms with Crippen molar-refractivity contribution in [3.8, 4) is 16.9 Å². The maximum absolute atomic E-state index is 14.7. The monoisotopic (exact) mass is 466 g/mol. The molecule has 34 heavy (non-hydrogen) atoms. The van der Waals surface area contributed by atoms with E-state index >= 15 is 0 Å². The first kappa shape index (κ1) is 24.1. The fraction of sp³-hybridized carbons (Fsp3) is 0.310. The van der Waals surface area contributed by atoms with Gasteiger partial charge in [0.15, 0.2) is 23.2 Å². The normalized spacial score (nSPS) is 18.0. The predicted octanol–water partition coefficient (Wildman–Crippen LogP) is 7.89. The summed E-state index contributed by atoms with van der Waals surface area (Å²) in [6, 6.07) is 15.6. The Balaban J connectivity index is 1.33. The molecule has 5 heteroatoms. The zero-order valence-electron chi connectivity index (χ0n) is 19.3. The molecule has 3 aromatic rings. The molecule has 0 heterocycles. The fourth-order valence-corrected chi connectivity index (χ4v) is 4.46. The predicted molar refractivity (Wildman–Crippen MR) is 128 cm³/mol. The molecule has 1 fully saturated rings. The maximum atomic E-state index is 14.7. The molecule has 1 aliphatic carbocycles. The minimum atomic E-state index is -0.860. The van der Waals surface area contributed by atoms with Crippen LogP contribution in [-0.4, -0.2) is 12.7 Å². The quantitative estimate of drug-likeness (QED) is 0.314. The third-order valence-electron chi connectivity index (χ3n) is 6.46. The van der Waals surface area contributed by atoms with Crippen LogP contribution in [0.4, 0.5) is 13.2 Å². The summed E-state index contributed by atoms with van der Waals surface area (Å²) in [5, 5.41) is 0. The van der Waals surface area contributed by atoms with E-state index in [1.54, 1.807) is 36.4 Å². The molecule has 4 rings (SSSR count). The summed E-state index contributed by atoms with van der Waals surface area (Å²) in [5.41, 5.74) is 3.11. The molecule has 178 valence electrons. The lowest BCUT2D eigenvalue weighted by molar-refractivity contribution is 0.0119. The van der Waals surface area contributed by atoms with Crippen LogP contribution < -0.4 is 4.74 Å². The summed E-state index contributed by atoms with van der Waals surface area (Å²) in [4.78, 5) is 0. The van der Waals surface area contributed by atoms with Crippen LogP contribution in [0.3, 0.4) is 0 Å². The van der Waals surface area contributed by atoms with Gasteiger partial charge in [-0.1, -0.05) is 60.7 Å². The molecule has 0 atom stereocenters. The van der Waals surface area contributed by atoms with E-state index in [-0.39, 0.29) is 47.9 Å². The number of benzene rings is 3. The molecule has 0 spiro atoms. The second-order valence-corrected chi connectivity index (χ2v) is 8.84. The molecule has 0 N–H and O–H groups in total. The molecule has 2 nitrogen and oxygen atoms in total. The molecule has 0 bridgehead atoms. The third kappa shape index (κ3) is 5.53. The lowest BCUT2D eigenvalue weighted by atomic mass is 9.82. The van der Waals surface area contributed by atoms with E-state index in [0.717, 1.165) is 36.8 Å². The van der Waals surface area contributed by atoms with Gasteiger partial charge in [-0.15, -0.1) is 0 Å². The Morgan fingerprint density at radius 3 is 2.32 bits per heavy atom. The van der Waals surface area contributed by atoms with Gasteiger partial charge in [-0.2, -0.15) is 0 Å². The summed E-state index contributed by atoms with van der Waals surface area (Å²) in [6.45, 7) is 5.80. The Hall–Kier alpha value is -3.05. The van der Waals surface area contributed by atoms with Crippen molar-refractivity contribution in [2.75, 3.05) is 6.61 Å². The number of aryl methyl sites for hydroxylation is 1. The Labute approximate surface area is 199 Å². The average Bonchev–Trinajstić information content (AvgIpc) is 2.85. The molecule has 0 unspecified atom stereocenters. The van der Waals surface area contributed by atoms with Crippen molar-refractivity contribution < 1.29 is 22.6 Å². The molecule has 3 aromatic carbocycles. The highest BCUT2D eigenvalue weighted by atomic mass is 19.2. The zero-order chi connectivity index (χ0) is 24.1. The molecule has 0 aliphatic heterocycles. The minimum absolute atomic E-state index is 0.0240. The molecular weight excluding hydrogens is 437 g/mol. The van der Waals surface area contributed by atoms with Gasteiger partial charge < -0.3 is 9.47 Å². The van der Waals surface area contributed by atoms with E-state index in [0.29, 0.717) is 5.56 Å². The number of ether oxygens (including phenoxy) is 2. The molecule has 0 aromatic heterocycles. The van der Waals surface area contributed by atoms with Crippen LogP contribution in [0.2, 0.25) is 0 Å².